The molecule has 2 aromatic rings. The van der Waals surface area contributed by atoms with Gasteiger partial charge in [0.25, 0.3) is 15.3 Å². The van der Waals surface area contributed by atoms with E-state index < -0.39 is 9.96 Å². The van der Waals surface area contributed by atoms with Gasteiger partial charge in [-0.1, -0.05) is 58.6 Å². The Hall–Kier alpha value is -1.53. The summed E-state index contributed by atoms with van der Waals surface area (Å²) < 4.78 is 0.211. The van der Waals surface area contributed by atoms with Crippen LogP contribution in [-0.2, 0) is 6.54 Å². The number of pyridine rings is 1. The summed E-state index contributed by atoms with van der Waals surface area (Å²) in [5.74, 6) is 0.223. The summed E-state index contributed by atoms with van der Waals surface area (Å²) in [7, 11) is 0. The molecule has 1 aromatic heterocycles. The number of aromatic nitrogens is 1. The van der Waals surface area contributed by atoms with E-state index in [9.17, 15) is 9.59 Å². The van der Waals surface area contributed by atoms with Gasteiger partial charge in [-0.3, -0.25) is 14.9 Å². The monoisotopic (exact) mass is 454 g/mol. The zero-order valence-corrected chi connectivity index (χ0v) is 18.3. The molecule has 0 spiro atoms. The lowest BCUT2D eigenvalue weighted by Gasteiger charge is -2.44. The maximum absolute atomic E-state index is 12.8. The molecule has 0 radical (unpaired) electrons. The number of benzene rings is 1. The normalized spacial score (nSPS) is 24.5. The Morgan fingerprint density at radius 1 is 1.17 bits per heavy atom. The molecular weight excluding hydrogens is 433 g/mol. The minimum absolute atomic E-state index is 0.0336. The number of nitrogens with zero attached hydrogens (tertiary/aromatic N) is 1. The van der Waals surface area contributed by atoms with Crippen molar-refractivity contribution in [3.8, 4) is 0 Å². The van der Waals surface area contributed by atoms with Crippen LogP contribution in [0.2, 0.25) is 0 Å². The van der Waals surface area contributed by atoms with E-state index in [1.165, 1.54) is 0 Å². The van der Waals surface area contributed by atoms with Gasteiger partial charge in [-0.15, -0.1) is 0 Å². The summed E-state index contributed by atoms with van der Waals surface area (Å²) in [4.78, 5) is 26.1. The van der Waals surface area contributed by atoms with Crippen LogP contribution in [-0.4, -0.2) is 33.5 Å². The predicted octanol–water partition coefficient (Wildman–Crippen LogP) is 2.29. The first-order valence-corrected chi connectivity index (χ1v) is 10.8. The molecule has 1 unspecified atom stereocenters. The molecule has 1 fully saturated rings. The number of amides is 1. The Morgan fingerprint density at radius 2 is 1.90 bits per heavy atom. The van der Waals surface area contributed by atoms with Gasteiger partial charge in [0.15, 0.2) is 0 Å². The maximum atomic E-state index is 12.8. The average Bonchev–Trinajstić information content (AvgIpc) is 2.66. The predicted molar refractivity (Wildman–Crippen MR) is 115 cm³/mol. The highest BCUT2D eigenvalue weighted by Crippen LogP contribution is 2.33. The highest BCUT2D eigenvalue weighted by molar-refractivity contribution is 6.68. The number of quaternary nitrogens is 1. The fourth-order valence-electron chi connectivity index (χ4n) is 4.62. The number of fused-ring (bicyclic) bond motifs is 4. The summed E-state index contributed by atoms with van der Waals surface area (Å²) in [6.45, 7) is 4.04. The lowest BCUT2D eigenvalue weighted by atomic mass is 9.83. The number of carbonyl (C=O) groups is 1. The number of nitrogens with one attached hydrogen (secondary N) is 2. The van der Waals surface area contributed by atoms with Crippen molar-refractivity contribution in [2.45, 2.75) is 35.8 Å². The molecule has 1 aromatic carbocycles. The van der Waals surface area contributed by atoms with Crippen molar-refractivity contribution in [1.29, 1.82) is 0 Å². The second-order valence-corrected chi connectivity index (χ2v) is 10.4. The van der Waals surface area contributed by atoms with E-state index in [0.717, 1.165) is 29.1 Å². The van der Waals surface area contributed by atoms with Crippen molar-refractivity contribution in [2.75, 3.05) is 13.1 Å². The molecule has 1 saturated heterocycles. The van der Waals surface area contributed by atoms with Crippen LogP contribution in [0, 0.1) is 12.8 Å². The van der Waals surface area contributed by atoms with Crippen LogP contribution in [0.1, 0.15) is 34.0 Å². The van der Waals surface area contributed by atoms with Gasteiger partial charge in [0.05, 0.1) is 13.1 Å². The third-order valence-electron chi connectivity index (χ3n) is 5.94. The maximum Gasteiger partial charge on any atom is 0.262 e. The molecule has 2 aliphatic heterocycles. The number of aryl methyl sites for hydroxylation is 1. The van der Waals surface area contributed by atoms with Crippen molar-refractivity contribution < 1.29 is 9.69 Å². The van der Waals surface area contributed by atoms with Crippen LogP contribution in [0.15, 0.2) is 47.3 Å². The van der Waals surface area contributed by atoms with Crippen LogP contribution in [0.4, 0.5) is 0 Å². The van der Waals surface area contributed by atoms with Gasteiger partial charge >= 0.3 is 0 Å². The Labute approximate surface area is 184 Å². The number of rotatable bonds is 3. The number of hydrogen-bond donors (Lipinski definition) is 2. The molecule has 29 heavy (non-hydrogen) atoms. The first kappa shape index (κ1) is 20.7. The summed E-state index contributed by atoms with van der Waals surface area (Å²) in [6, 6.07) is 12.7. The molecule has 3 heterocycles. The summed E-state index contributed by atoms with van der Waals surface area (Å²) in [5.41, 5.74) is 2.66. The molecule has 154 valence electrons. The van der Waals surface area contributed by atoms with Crippen molar-refractivity contribution in [3.63, 3.8) is 0 Å². The zero-order chi connectivity index (χ0) is 20.8. The second-order valence-electron chi connectivity index (χ2n) is 8.08. The minimum Gasteiger partial charge on any atom is -0.312 e. The number of piperidine rings is 1. The van der Waals surface area contributed by atoms with Crippen LogP contribution in [0.3, 0.4) is 0 Å². The Kier molecular flexibility index (Phi) is 5.68. The van der Waals surface area contributed by atoms with E-state index in [1.807, 2.05) is 29.7 Å². The lowest BCUT2D eigenvalue weighted by molar-refractivity contribution is -0.937. The van der Waals surface area contributed by atoms with E-state index in [2.05, 4.69) is 5.32 Å². The van der Waals surface area contributed by atoms with E-state index in [0.29, 0.717) is 24.6 Å². The fourth-order valence-corrected chi connectivity index (χ4v) is 5.25. The largest absolute Gasteiger partial charge is 0.312 e. The van der Waals surface area contributed by atoms with Gasteiger partial charge in [0.1, 0.15) is 0 Å². The van der Waals surface area contributed by atoms with Gasteiger partial charge in [0, 0.05) is 35.7 Å². The molecule has 2 aliphatic rings. The quantitative estimate of drug-likeness (QED) is 0.698. The third-order valence-corrected chi connectivity index (χ3v) is 6.60. The Balaban J connectivity index is 1.58. The molecule has 0 saturated carbocycles. The molecular formula is C21H23Cl3N3O2+. The standard InChI is InChI=1S/C21H22Cl3N3O2/c1-13-5-7-15(8-6-13)19(29)25-20(21(22,23)24)26-10-14-9-16(12-26)17-3-2-4-18(28)27(17)11-14/h2-8,14,16,20H,9-12H2,1H3,(H,25,29)/p+1/t14-,16+,20+/m0/s1. The number of halogens is 3. The number of alkyl halides is 3. The van der Waals surface area contributed by atoms with Gasteiger partial charge in [0.2, 0.25) is 6.17 Å². The third kappa shape index (κ3) is 4.33. The fraction of sp³-hybridized carbons (Fsp3) is 0.429. The van der Waals surface area contributed by atoms with Crippen LogP contribution < -0.4 is 15.8 Å². The molecule has 5 nitrogen and oxygen atoms in total. The first-order valence-electron chi connectivity index (χ1n) is 9.71. The Bertz CT molecular complexity index is 968. The van der Waals surface area contributed by atoms with Crippen molar-refractivity contribution in [1.82, 2.24) is 9.88 Å². The Morgan fingerprint density at radius 3 is 2.59 bits per heavy atom. The van der Waals surface area contributed by atoms with Gasteiger partial charge in [-0.05, 0) is 31.5 Å². The molecule has 2 N–H and O–H groups in total. The van der Waals surface area contributed by atoms with Crippen LogP contribution >= 0.6 is 34.8 Å². The number of hydrogen-bond acceptors (Lipinski definition) is 2. The molecule has 0 aliphatic carbocycles. The van der Waals surface area contributed by atoms with Gasteiger partial charge in [-0.2, -0.15) is 0 Å². The first-order chi connectivity index (χ1) is 13.7. The van der Waals surface area contributed by atoms with Gasteiger partial charge in [-0.25, -0.2) is 0 Å². The van der Waals surface area contributed by atoms with E-state index in [4.69, 9.17) is 34.8 Å². The lowest BCUT2D eigenvalue weighted by Crippen LogP contribution is -3.21. The summed E-state index contributed by atoms with van der Waals surface area (Å²) in [5, 5.41) is 2.95. The van der Waals surface area contributed by atoms with E-state index in [1.54, 1.807) is 24.3 Å². The van der Waals surface area contributed by atoms with Crippen molar-refractivity contribution in [3.05, 3.63) is 69.6 Å². The van der Waals surface area contributed by atoms with Crippen LogP contribution in [0.25, 0.3) is 0 Å². The SMILES string of the molecule is Cc1ccc(C(=O)N[C@H]([NH+]2C[C@@H]3C[C@H](C2)c2cccc(=O)n2C3)C(Cl)(Cl)Cl)cc1. The van der Waals surface area contributed by atoms with E-state index in [-0.39, 0.29) is 17.4 Å². The molecule has 2 bridgehead atoms. The minimum atomic E-state index is -1.66. The molecule has 8 heteroatoms. The number of likely N-dealkylation sites (tertiary alicyclic amines) is 1. The van der Waals surface area contributed by atoms with Crippen molar-refractivity contribution >= 4 is 40.7 Å². The molecule has 4 atom stereocenters. The average molecular weight is 456 g/mol. The summed E-state index contributed by atoms with van der Waals surface area (Å²) in [6.07, 6.45) is 0.319. The topological polar surface area (TPSA) is 55.5 Å². The van der Waals surface area contributed by atoms with Gasteiger partial charge < -0.3 is 9.47 Å². The van der Waals surface area contributed by atoms with Crippen molar-refractivity contribution in [2.24, 2.45) is 5.92 Å². The summed E-state index contributed by atoms with van der Waals surface area (Å²) >= 11 is 18.9. The van der Waals surface area contributed by atoms with E-state index >= 15 is 0 Å². The highest BCUT2D eigenvalue weighted by Gasteiger charge is 2.47. The van der Waals surface area contributed by atoms with Crippen LogP contribution in [0.5, 0.6) is 0 Å². The zero-order valence-electron chi connectivity index (χ0n) is 16.0. The highest BCUT2D eigenvalue weighted by atomic mass is 35.6. The molecule has 1 amide bonds. The molecule has 4 rings (SSSR count). The number of carbonyl (C=O) groups excluding carboxylic acids is 1. The smallest absolute Gasteiger partial charge is 0.262 e. The second kappa shape index (κ2) is 7.95.